The number of ether oxygens (including phenoxy) is 1. The molecule has 0 aromatic heterocycles. The third kappa shape index (κ3) is 2.89. The van der Waals surface area contributed by atoms with Crippen molar-refractivity contribution in [2.75, 3.05) is 26.3 Å². The highest BCUT2D eigenvalue weighted by atomic mass is 16.5. The first-order chi connectivity index (χ1) is 10.0. The summed E-state index contributed by atoms with van der Waals surface area (Å²) >= 11 is 0. The summed E-state index contributed by atoms with van der Waals surface area (Å²) in [5.41, 5.74) is 0.383. The van der Waals surface area contributed by atoms with Gasteiger partial charge in [0.15, 0.2) is 0 Å². The van der Waals surface area contributed by atoms with Crippen LogP contribution in [0.15, 0.2) is 0 Å². The molecule has 3 aliphatic rings. The fourth-order valence-electron chi connectivity index (χ4n) is 5.25. The second kappa shape index (κ2) is 6.17. The molecule has 0 aromatic carbocycles. The minimum Gasteiger partial charge on any atom is -0.379 e. The summed E-state index contributed by atoms with van der Waals surface area (Å²) in [5, 5.41) is 0. The van der Waals surface area contributed by atoms with E-state index in [9.17, 15) is 0 Å². The molecule has 3 heteroatoms. The third-order valence-corrected chi connectivity index (χ3v) is 6.30. The van der Waals surface area contributed by atoms with Gasteiger partial charge in [0.1, 0.15) is 0 Å². The van der Waals surface area contributed by atoms with Crippen molar-refractivity contribution in [1.82, 2.24) is 9.80 Å². The Morgan fingerprint density at radius 1 is 0.952 bits per heavy atom. The van der Waals surface area contributed by atoms with Crippen LogP contribution in [0.5, 0.6) is 0 Å². The summed E-state index contributed by atoms with van der Waals surface area (Å²) in [6, 6.07) is 2.17. The Kier molecular flexibility index (Phi) is 4.63. The Morgan fingerprint density at radius 2 is 1.67 bits per heavy atom. The molecule has 3 fully saturated rings. The monoisotopic (exact) mass is 294 g/mol. The van der Waals surface area contributed by atoms with Crippen molar-refractivity contribution in [3.05, 3.63) is 0 Å². The molecule has 0 aliphatic carbocycles. The van der Waals surface area contributed by atoms with Crippen LogP contribution in [0.3, 0.4) is 0 Å². The Morgan fingerprint density at radius 3 is 2.19 bits per heavy atom. The molecule has 2 atom stereocenters. The topological polar surface area (TPSA) is 15.7 Å². The Balaban J connectivity index is 1.68. The lowest BCUT2D eigenvalue weighted by molar-refractivity contribution is 0.0136. The fourth-order valence-corrected chi connectivity index (χ4v) is 5.25. The van der Waals surface area contributed by atoms with Gasteiger partial charge in [-0.3, -0.25) is 4.90 Å². The van der Waals surface area contributed by atoms with E-state index in [1.165, 1.54) is 45.2 Å². The lowest BCUT2D eigenvalue weighted by Crippen LogP contribution is -2.54. The van der Waals surface area contributed by atoms with Gasteiger partial charge in [0.05, 0.1) is 6.61 Å². The van der Waals surface area contributed by atoms with E-state index in [-0.39, 0.29) is 0 Å². The van der Waals surface area contributed by atoms with Gasteiger partial charge in [-0.25, -0.2) is 0 Å². The van der Waals surface area contributed by atoms with Gasteiger partial charge < -0.3 is 9.64 Å². The van der Waals surface area contributed by atoms with Crippen LogP contribution in [0.25, 0.3) is 0 Å². The van der Waals surface area contributed by atoms with Gasteiger partial charge >= 0.3 is 0 Å². The van der Waals surface area contributed by atoms with E-state index in [0.717, 1.165) is 25.2 Å². The van der Waals surface area contributed by atoms with E-state index in [1.54, 1.807) is 0 Å². The molecular weight excluding hydrogens is 260 g/mol. The lowest BCUT2D eigenvalue weighted by Gasteiger charge is -2.45. The number of rotatable bonds is 3. The van der Waals surface area contributed by atoms with Crippen molar-refractivity contribution in [1.29, 1.82) is 0 Å². The van der Waals surface area contributed by atoms with E-state index < -0.39 is 0 Å². The van der Waals surface area contributed by atoms with Crippen molar-refractivity contribution in [3.63, 3.8) is 0 Å². The quantitative estimate of drug-likeness (QED) is 0.795. The molecule has 21 heavy (non-hydrogen) atoms. The van der Waals surface area contributed by atoms with E-state index in [1.807, 2.05) is 0 Å². The molecule has 0 N–H and O–H groups in total. The first-order valence-corrected chi connectivity index (χ1v) is 9.14. The van der Waals surface area contributed by atoms with Crippen LogP contribution in [-0.2, 0) is 4.74 Å². The van der Waals surface area contributed by atoms with Crippen LogP contribution >= 0.6 is 0 Å². The number of nitrogens with zero attached hydrogens (tertiary/aromatic N) is 2. The van der Waals surface area contributed by atoms with Gasteiger partial charge in [0, 0.05) is 30.3 Å². The van der Waals surface area contributed by atoms with Crippen LogP contribution in [-0.4, -0.2) is 59.8 Å². The highest BCUT2D eigenvalue weighted by Crippen LogP contribution is 2.45. The maximum Gasteiger partial charge on any atom is 0.0651 e. The van der Waals surface area contributed by atoms with Crippen molar-refractivity contribution >= 4 is 0 Å². The zero-order chi connectivity index (χ0) is 15.0. The average Bonchev–Trinajstić information content (AvgIpc) is 3.07. The predicted octanol–water partition coefficient (Wildman–Crippen LogP) is 3.14. The SMILES string of the molecule is CC(C)N1CCC(C2CCC3(CCOC3)N2C(C)C)CC1. The lowest BCUT2D eigenvalue weighted by atomic mass is 9.87. The molecular formula is C18H34N2O. The molecule has 1 spiro atoms. The highest BCUT2D eigenvalue weighted by Gasteiger charge is 2.51. The predicted molar refractivity (Wildman–Crippen MR) is 87.6 cm³/mol. The summed E-state index contributed by atoms with van der Waals surface area (Å²) in [6.45, 7) is 14.0. The molecule has 0 radical (unpaired) electrons. The average molecular weight is 294 g/mol. The number of hydrogen-bond donors (Lipinski definition) is 0. The Hall–Kier alpha value is -0.120. The number of hydrogen-bond acceptors (Lipinski definition) is 3. The normalized spacial score (nSPS) is 36.6. The first-order valence-electron chi connectivity index (χ1n) is 9.14. The zero-order valence-corrected chi connectivity index (χ0v) is 14.5. The summed E-state index contributed by atoms with van der Waals surface area (Å²) in [6.07, 6.45) is 6.80. The summed E-state index contributed by atoms with van der Waals surface area (Å²) < 4.78 is 5.80. The maximum absolute atomic E-state index is 5.80. The van der Waals surface area contributed by atoms with Gasteiger partial charge in [0.25, 0.3) is 0 Å². The van der Waals surface area contributed by atoms with Gasteiger partial charge in [-0.05, 0) is 78.8 Å². The zero-order valence-electron chi connectivity index (χ0n) is 14.5. The molecule has 3 aliphatic heterocycles. The molecule has 122 valence electrons. The van der Waals surface area contributed by atoms with E-state index in [4.69, 9.17) is 4.74 Å². The second-order valence-corrected chi connectivity index (χ2v) is 8.10. The van der Waals surface area contributed by atoms with E-state index in [0.29, 0.717) is 17.6 Å². The van der Waals surface area contributed by atoms with Crippen molar-refractivity contribution in [2.45, 2.75) is 83.5 Å². The van der Waals surface area contributed by atoms with Crippen LogP contribution < -0.4 is 0 Å². The first kappa shape index (κ1) is 15.8. The molecule has 3 rings (SSSR count). The van der Waals surface area contributed by atoms with Crippen LogP contribution in [0, 0.1) is 5.92 Å². The van der Waals surface area contributed by atoms with Crippen molar-refractivity contribution in [2.24, 2.45) is 5.92 Å². The smallest absolute Gasteiger partial charge is 0.0651 e. The number of piperidine rings is 1. The standard InChI is InChI=1S/C18H34N2O/c1-14(2)19-10-6-16(7-11-19)17-5-8-18(9-12-21-13-18)20(17)15(3)4/h14-17H,5-13H2,1-4H3. The molecule has 2 unspecified atom stereocenters. The largest absolute Gasteiger partial charge is 0.379 e. The molecule has 0 aromatic rings. The molecule has 0 bridgehead atoms. The molecule has 3 saturated heterocycles. The second-order valence-electron chi connectivity index (χ2n) is 8.10. The minimum absolute atomic E-state index is 0.383. The van der Waals surface area contributed by atoms with Crippen LogP contribution in [0.4, 0.5) is 0 Å². The fraction of sp³-hybridized carbons (Fsp3) is 1.00. The molecule has 0 amide bonds. The van der Waals surface area contributed by atoms with E-state index >= 15 is 0 Å². The van der Waals surface area contributed by atoms with Gasteiger partial charge in [-0.2, -0.15) is 0 Å². The van der Waals surface area contributed by atoms with Gasteiger partial charge in [-0.15, -0.1) is 0 Å². The van der Waals surface area contributed by atoms with Gasteiger partial charge in [-0.1, -0.05) is 0 Å². The van der Waals surface area contributed by atoms with Crippen molar-refractivity contribution in [3.8, 4) is 0 Å². The third-order valence-electron chi connectivity index (χ3n) is 6.30. The molecule has 0 saturated carbocycles. The highest BCUT2D eigenvalue weighted by molar-refractivity contribution is 5.06. The Labute approximate surface area is 131 Å². The van der Waals surface area contributed by atoms with Crippen LogP contribution in [0.2, 0.25) is 0 Å². The maximum atomic E-state index is 5.80. The van der Waals surface area contributed by atoms with Crippen LogP contribution in [0.1, 0.15) is 59.8 Å². The minimum atomic E-state index is 0.383. The Bertz CT molecular complexity index is 341. The molecule has 3 nitrogen and oxygen atoms in total. The van der Waals surface area contributed by atoms with Crippen molar-refractivity contribution < 1.29 is 4.74 Å². The van der Waals surface area contributed by atoms with Gasteiger partial charge in [0.2, 0.25) is 0 Å². The molecule has 3 heterocycles. The summed E-state index contributed by atoms with van der Waals surface area (Å²) in [7, 11) is 0. The summed E-state index contributed by atoms with van der Waals surface area (Å²) in [5.74, 6) is 0.905. The number of likely N-dealkylation sites (tertiary alicyclic amines) is 2. The summed E-state index contributed by atoms with van der Waals surface area (Å²) in [4.78, 5) is 5.52. The van der Waals surface area contributed by atoms with E-state index in [2.05, 4.69) is 37.5 Å².